The van der Waals surface area contributed by atoms with Gasteiger partial charge < -0.3 is 28.4 Å². The van der Waals surface area contributed by atoms with Crippen LogP contribution in [-0.2, 0) is 38.0 Å². The third-order valence-corrected chi connectivity index (χ3v) is 13.0. The largest absolute Gasteiger partial charge is 0.462 e. The van der Waals surface area contributed by atoms with Crippen LogP contribution in [0.1, 0.15) is 126 Å². The van der Waals surface area contributed by atoms with E-state index in [0.29, 0.717) is 6.61 Å². The molecule has 270 valence electrons. The van der Waals surface area contributed by atoms with Gasteiger partial charge in [-0.2, -0.15) is 0 Å². The van der Waals surface area contributed by atoms with Gasteiger partial charge in [0.15, 0.2) is 12.1 Å². The molecule has 5 rings (SSSR count). The third kappa shape index (κ3) is 7.94. The molecule has 0 radical (unpaired) electrons. The van der Waals surface area contributed by atoms with Gasteiger partial charge in [-0.25, -0.2) is 4.98 Å². The Balaban J connectivity index is 1.50. The van der Waals surface area contributed by atoms with Crippen LogP contribution in [0.4, 0.5) is 0 Å². The maximum absolute atomic E-state index is 14.2. The number of fused-ring (bicyclic) bond motifs is 8. The topological polar surface area (TPSA) is 102 Å². The van der Waals surface area contributed by atoms with Crippen LogP contribution < -0.4 is 0 Å². The van der Waals surface area contributed by atoms with E-state index in [9.17, 15) is 9.59 Å². The van der Waals surface area contributed by atoms with Crippen LogP contribution in [0.2, 0.25) is 0 Å². The Morgan fingerprint density at radius 2 is 1.75 bits per heavy atom. The molecule has 10 heteroatoms. The summed E-state index contributed by atoms with van der Waals surface area (Å²) in [6.07, 6.45) is 6.99. The number of ketones is 1. The van der Waals surface area contributed by atoms with Crippen LogP contribution in [0.3, 0.4) is 0 Å². The predicted octanol–water partition coefficient (Wildman–Crippen LogP) is 7.33. The number of hydrogen-bond acceptors (Lipinski definition) is 10. The normalized spacial score (nSPS) is 33.3. The Kier molecular flexibility index (Phi) is 13.0. The van der Waals surface area contributed by atoms with Crippen molar-refractivity contribution in [3.63, 3.8) is 0 Å². The summed E-state index contributed by atoms with van der Waals surface area (Å²) in [6, 6.07) is 0. The van der Waals surface area contributed by atoms with Crippen LogP contribution in [0.25, 0.3) is 0 Å². The Labute approximate surface area is 291 Å². The quantitative estimate of drug-likeness (QED) is 0.165. The zero-order chi connectivity index (χ0) is 34.7. The Hall–Kier alpha value is -1.69. The minimum Gasteiger partial charge on any atom is -0.462 e. The van der Waals surface area contributed by atoms with Crippen LogP contribution in [0, 0.1) is 23.7 Å². The average molecular weight is 690 g/mol. The van der Waals surface area contributed by atoms with Crippen molar-refractivity contribution in [2.45, 2.75) is 147 Å². The minimum atomic E-state index is -0.642. The second-order valence-electron chi connectivity index (χ2n) is 14.9. The lowest BCUT2D eigenvalue weighted by Crippen LogP contribution is -2.43. The molecule has 3 unspecified atom stereocenters. The standard InChI is InChI=1S/C38H59NO8S/c1-10-24-14-12-11-13-21(4)35(41)29-17-27-26-15-25(47-38(31(44-9)19-42-7)45-23(6)22(5)43-8)16-30(26)36-34(39-37(48-36)20(2)3)33(27)28(29)18-32(40)46-24/h17,20-28,30-31,33,38H,10-16,18-19H2,1-9H3/t21-,22-,23?,24+,25+,26+,27+,28-,30?,31+,33-,38?/m1/s1. The smallest absolute Gasteiger partial charge is 0.306 e. The van der Waals surface area contributed by atoms with Crippen LogP contribution in [0.15, 0.2) is 11.6 Å². The van der Waals surface area contributed by atoms with E-state index in [1.54, 1.807) is 21.3 Å². The van der Waals surface area contributed by atoms with Gasteiger partial charge in [0.25, 0.3) is 0 Å². The highest BCUT2D eigenvalue weighted by Gasteiger charge is 2.56. The summed E-state index contributed by atoms with van der Waals surface area (Å²) in [5, 5.41) is 1.11. The Bertz CT molecular complexity index is 1280. The molecule has 3 aliphatic carbocycles. The van der Waals surface area contributed by atoms with Gasteiger partial charge in [-0.05, 0) is 69.8 Å². The second kappa shape index (κ2) is 16.6. The molecule has 12 atom stereocenters. The molecule has 2 heterocycles. The number of cyclic esters (lactones) is 1. The SMILES string of the molecule is CC[C@H]1CCCC[C@@H](C)C(=O)C2=C[C@@H]3[C@@H](c4nc(C(C)C)sc4C4C[C@@H](OC(OC(C)[C@@H](C)OC)[C@H](COC)OC)C[C@H]43)[C@@H]2CC(=O)O1. The predicted molar refractivity (Wildman–Crippen MR) is 185 cm³/mol. The first kappa shape index (κ1) is 37.6. The van der Waals surface area contributed by atoms with Gasteiger partial charge in [0.1, 0.15) is 12.2 Å². The number of nitrogens with zero attached hydrogens (tertiary/aromatic N) is 1. The molecule has 48 heavy (non-hydrogen) atoms. The van der Waals surface area contributed by atoms with Gasteiger partial charge >= 0.3 is 5.97 Å². The van der Waals surface area contributed by atoms with Crippen molar-refractivity contribution in [2.75, 3.05) is 27.9 Å². The summed E-state index contributed by atoms with van der Waals surface area (Å²) in [7, 11) is 4.98. The number of allylic oxidation sites excluding steroid dienone is 2. The zero-order valence-electron chi connectivity index (χ0n) is 30.6. The summed E-state index contributed by atoms with van der Waals surface area (Å²) < 4.78 is 36.2. The maximum Gasteiger partial charge on any atom is 0.306 e. The van der Waals surface area contributed by atoms with Gasteiger partial charge in [-0.3, -0.25) is 9.59 Å². The van der Waals surface area contributed by atoms with Gasteiger partial charge in [0, 0.05) is 55.8 Å². The van der Waals surface area contributed by atoms with Crippen LogP contribution >= 0.6 is 11.3 Å². The Morgan fingerprint density at radius 3 is 2.42 bits per heavy atom. The lowest BCUT2D eigenvalue weighted by atomic mass is 9.67. The van der Waals surface area contributed by atoms with Crippen LogP contribution in [0.5, 0.6) is 0 Å². The summed E-state index contributed by atoms with van der Waals surface area (Å²) in [5.74, 6) is 0.539. The van der Waals surface area contributed by atoms with E-state index in [2.05, 4.69) is 33.8 Å². The lowest BCUT2D eigenvalue weighted by Gasteiger charge is -2.37. The van der Waals surface area contributed by atoms with E-state index in [1.807, 2.05) is 25.2 Å². The molecule has 0 N–H and O–H groups in total. The van der Waals surface area contributed by atoms with Gasteiger partial charge in [-0.1, -0.05) is 40.2 Å². The molecule has 1 saturated heterocycles. The van der Waals surface area contributed by atoms with Crippen molar-refractivity contribution in [2.24, 2.45) is 23.7 Å². The fourth-order valence-corrected chi connectivity index (χ4v) is 9.78. The molecule has 2 fully saturated rings. The highest BCUT2D eigenvalue weighted by molar-refractivity contribution is 7.12. The zero-order valence-corrected chi connectivity index (χ0v) is 31.4. The highest BCUT2D eigenvalue weighted by atomic mass is 32.1. The van der Waals surface area contributed by atoms with Crippen molar-refractivity contribution < 1.29 is 38.0 Å². The molecule has 0 aromatic carbocycles. The number of hydrogen-bond donors (Lipinski definition) is 0. The van der Waals surface area contributed by atoms with E-state index in [1.165, 1.54) is 4.88 Å². The summed E-state index contributed by atoms with van der Waals surface area (Å²) in [6.45, 7) is 12.8. The van der Waals surface area contributed by atoms with E-state index in [4.69, 9.17) is 33.4 Å². The van der Waals surface area contributed by atoms with Crippen LogP contribution in [-0.4, -0.2) is 81.5 Å². The number of carbonyl (C=O) groups is 2. The van der Waals surface area contributed by atoms with E-state index >= 15 is 0 Å². The molecule has 4 aliphatic rings. The summed E-state index contributed by atoms with van der Waals surface area (Å²) in [5.41, 5.74) is 1.91. The molecule has 0 bridgehead atoms. The maximum atomic E-state index is 14.2. The first-order valence-corrected chi connectivity index (χ1v) is 19.1. The first-order valence-electron chi connectivity index (χ1n) is 18.3. The van der Waals surface area contributed by atoms with Crippen molar-refractivity contribution in [1.29, 1.82) is 0 Å². The Morgan fingerprint density at radius 1 is 1.00 bits per heavy atom. The number of thiazole rings is 1. The second-order valence-corrected chi connectivity index (χ2v) is 16.0. The number of carbonyl (C=O) groups excluding carboxylic acids is 2. The molecule has 1 aliphatic heterocycles. The minimum absolute atomic E-state index is 0.0275. The summed E-state index contributed by atoms with van der Waals surface area (Å²) in [4.78, 5) is 34.3. The molecule has 1 aromatic rings. The van der Waals surface area contributed by atoms with Crippen molar-refractivity contribution in [3.8, 4) is 0 Å². The summed E-state index contributed by atoms with van der Waals surface area (Å²) >= 11 is 1.81. The fourth-order valence-electron chi connectivity index (χ4n) is 8.46. The molecule has 0 amide bonds. The number of esters is 1. The number of aromatic nitrogens is 1. The number of rotatable bonds is 12. The fraction of sp³-hybridized carbons (Fsp3) is 0.816. The molecule has 1 saturated carbocycles. The average Bonchev–Trinajstić information content (AvgIpc) is 3.78. The van der Waals surface area contributed by atoms with Gasteiger partial charge in [-0.15, -0.1) is 11.3 Å². The monoisotopic (exact) mass is 689 g/mol. The third-order valence-electron chi connectivity index (χ3n) is 11.5. The highest BCUT2D eigenvalue weighted by Crippen LogP contribution is 2.62. The molecule has 9 nitrogen and oxygen atoms in total. The first-order chi connectivity index (χ1) is 23.0. The van der Waals surface area contributed by atoms with E-state index < -0.39 is 12.4 Å². The van der Waals surface area contributed by atoms with Gasteiger partial charge in [0.2, 0.25) is 0 Å². The lowest BCUT2D eigenvalue weighted by molar-refractivity contribution is -0.255. The molecular weight excluding hydrogens is 630 g/mol. The van der Waals surface area contributed by atoms with Crippen molar-refractivity contribution in [3.05, 3.63) is 27.2 Å². The van der Waals surface area contributed by atoms with Crippen molar-refractivity contribution in [1.82, 2.24) is 4.98 Å². The van der Waals surface area contributed by atoms with Gasteiger partial charge in [0.05, 0.1) is 42.0 Å². The van der Waals surface area contributed by atoms with Crippen molar-refractivity contribution >= 4 is 23.1 Å². The molecule has 1 aromatic heterocycles. The number of ether oxygens (including phenoxy) is 6. The number of methoxy groups -OCH3 is 3. The number of Topliss-reactive ketones (excluding diaryl/α,β-unsaturated/α-hetero) is 1. The molecule has 0 spiro atoms. The van der Waals surface area contributed by atoms with E-state index in [0.717, 1.165) is 61.2 Å². The molecular formula is C38H59NO8S. The van der Waals surface area contributed by atoms with E-state index in [-0.39, 0.29) is 84.0 Å².